The van der Waals surface area contributed by atoms with Crippen molar-refractivity contribution < 1.29 is 38.1 Å². The van der Waals surface area contributed by atoms with E-state index in [0.29, 0.717) is 100 Å². The molecule has 3 N–H and O–H groups in total. The van der Waals surface area contributed by atoms with Gasteiger partial charge in [0.2, 0.25) is 18.2 Å². The number of ether oxygens (including phenoxy) is 4. The van der Waals surface area contributed by atoms with Gasteiger partial charge in [-0.3, -0.25) is 29.2 Å². The highest BCUT2D eigenvalue weighted by Crippen LogP contribution is 2.50. The maximum Gasteiger partial charge on any atom is 0.326 e. The Morgan fingerprint density at radius 3 is 2.12 bits per heavy atom. The number of hydrogen-bond donors (Lipinski definition) is 3. The van der Waals surface area contributed by atoms with E-state index in [1.807, 2.05) is 83.1 Å². The molecule has 3 unspecified atom stereocenters. The molecule has 2 heterocycles. The lowest BCUT2D eigenvalue weighted by Gasteiger charge is -2.40. The molecule has 1 saturated heterocycles. The molecule has 0 aromatic heterocycles. The summed E-state index contributed by atoms with van der Waals surface area (Å²) in [6.07, 6.45) is 2.43. The maximum atomic E-state index is 15.2. The van der Waals surface area contributed by atoms with Crippen LogP contribution < -0.4 is 20.7 Å². The number of carbonyl (C=O) groups excluding carboxylic acids is 4. The van der Waals surface area contributed by atoms with Crippen LogP contribution in [0, 0.1) is 5.92 Å². The summed E-state index contributed by atoms with van der Waals surface area (Å²) in [5, 5.41) is 9.71. The second-order valence-corrected chi connectivity index (χ2v) is 19.4. The van der Waals surface area contributed by atoms with Gasteiger partial charge in [0.05, 0.1) is 57.8 Å². The number of urea groups is 1. The second kappa shape index (κ2) is 26.3. The standard InChI is InChI=1S/C51H71Cl2N7O8/c1-8-68-44-32-40(50(4,5)6)15-20-43(44)48-57-51(7,39-13-18-42(53)19-14-39)47(38-11-16-41(52)17-12-38)60(48)49(64)59-25-23-58(24-26-59)33-45(62)55-22-27-65-28-29-66-30-31-67-34-46(63)56-37(3)36(2)10-9-21-54-35-61/h11-20,32,35-37,47H,8-10,21-31,33-34H2,1-7H3,(H,54,61)(H,55,62)(H,56,63)/t36?,37?,47?,51-/m1/s1. The SMILES string of the molecule is CCOc1cc(C(C)(C)C)ccc1C1=N[C@](C)(c2ccc(Cl)cc2)C(c2ccc(Cl)cc2)N1C(=O)N1CCN(CC(=O)NCCOCCOCCOCC(=O)NC(C)C(C)CCCNC=O)CC1. The van der Waals surface area contributed by atoms with Gasteiger partial charge in [0.15, 0.2) is 0 Å². The largest absolute Gasteiger partial charge is 0.493 e. The Morgan fingerprint density at radius 1 is 0.853 bits per heavy atom. The highest BCUT2D eigenvalue weighted by molar-refractivity contribution is 6.30. The molecule has 5 rings (SSSR count). The van der Waals surface area contributed by atoms with Crippen molar-refractivity contribution in [2.75, 3.05) is 92.1 Å². The van der Waals surface area contributed by atoms with Gasteiger partial charge in [-0.05, 0) is 98.0 Å². The van der Waals surface area contributed by atoms with Gasteiger partial charge in [-0.25, -0.2) is 4.79 Å². The highest BCUT2D eigenvalue weighted by atomic mass is 35.5. The first-order valence-electron chi connectivity index (χ1n) is 23.7. The van der Waals surface area contributed by atoms with Crippen LogP contribution in [0.15, 0.2) is 71.7 Å². The number of piperazine rings is 1. The Kier molecular flexibility index (Phi) is 20.9. The molecule has 372 valence electrons. The molecular weight excluding hydrogens is 910 g/mol. The molecule has 15 nitrogen and oxygen atoms in total. The summed E-state index contributed by atoms with van der Waals surface area (Å²) in [4.78, 5) is 62.0. The van der Waals surface area contributed by atoms with Crippen molar-refractivity contribution >= 4 is 53.3 Å². The number of nitrogens with one attached hydrogen (secondary N) is 3. The molecule has 0 saturated carbocycles. The van der Waals surface area contributed by atoms with Crippen LogP contribution in [0.5, 0.6) is 5.75 Å². The first-order chi connectivity index (χ1) is 32.5. The van der Waals surface area contributed by atoms with Gasteiger partial charge in [-0.15, -0.1) is 0 Å². The number of amides is 5. The highest BCUT2D eigenvalue weighted by Gasteiger charge is 2.52. The van der Waals surface area contributed by atoms with Crippen LogP contribution in [0.3, 0.4) is 0 Å². The summed E-state index contributed by atoms with van der Waals surface area (Å²) >= 11 is 12.8. The average Bonchev–Trinajstić information content (AvgIpc) is 3.63. The van der Waals surface area contributed by atoms with Crippen LogP contribution in [0.2, 0.25) is 10.0 Å². The van der Waals surface area contributed by atoms with Crippen molar-refractivity contribution in [3.8, 4) is 5.75 Å². The van der Waals surface area contributed by atoms with E-state index in [1.165, 1.54) is 0 Å². The Balaban J connectivity index is 1.11. The zero-order chi connectivity index (χ0) is 49.3. The van der Waals surface area contributed by atoms with E-state index >= 15 is 4.79 Å². The van der Waals surface area contributed by atoms with Crippen LogP contribution >= 0.6 is 23.2 Å². The maximum absolute atomic E-state index is 15.2. The third-order valence-corrected chi connectivity index (χ3v) is 12.9. The van der Waals surface area contributed by atoms with E-state index in [9.17, 15) is 14.4 Å². The predicted octanol–water partition coefficient (Wildman–Crippen LogP) is 6.98. The van der Waals surface area contributed by atoms with Gasteiger partial charge in [0.1, 0.15) is 23.7 Å². The second-order valence-electron chi connectivity index (χ2n) is 18.5. The Morgan fingerprint density at radius 2 is 1.49 bits per heavy atom. The third kappa shape index (κ3) is 15.4. The molecule has 3 aromatic carbocycles. The molecule has 5 amide bonds. The van der Waals surface area contributed by atoms with Crippen LogP contribution in [0.1, 0.15) is 89.6 Å². The lowest BCUT2D eigenvalue weighted by atomic mass is 9.81. The molecule has 2 aliphatic heterocycles. The van der Waals surface area contributed by atoms with E-state index in [4.69, 9.17) is 47.1 Å². The summed E-state index contributed by atoms with van der Waals surface area (Å²) in [6.45, 7) is 19.5. The number of benzene rings is 3. The van der Waals surface area contributed by atoms with Gasteiger partial charge >= 0.3 is 6.03 Å². The molecule has 68 heavy (non-hydrogen) atoms. The summed E-state index contributed by atoms with van der Waals surface area (Å²) in [5.41, 5.74) is 2.51. The lowest BCUT2D eigenvalue weighted by Crippen LogP contribution is -2.56. The van der Waals surface area contributed by atoms with E-state index in [2.05, 4.69) is 62.7 Å². The average molecular weight is 981 g/mol. The van der Waals surface area contributed by atoms with Gasteiger partial charge in [-0.2, -0.15) is 0 Å². The van der Waals surface area contributed by atoms with Crippen molar-refractivity contribution in [3.63, 3.8) is 0 Å². The van der Waals surface area contributed by atoms with Crippen molar-refractivity contribution in [1.29, 1.82) is 0 Å². The molecule has 0 aliphatic carbocycles. The van der Waals surface area contributed by atoms with E-state index in [0.717, 1.165) is 35.1 Å². The molecule has 3 aromatic rings. The zero-order valence-corrected chi connectivity index (χ0v) is 42.3. The van der Waals surface area contributed by atoms with Crippen LogP contribution in [-0.2, 0) is 39.5 Å². The van der Waals surface area contributed by atoms with E-state index in [-0.39, 0.29) is 55.0 Å². The fourth-order valence-corrected chi connectivity index (χ4v) is 8.58. The number of carbonyl (C=O) groups is 4. The fourth-order valence-electron chi connectivity index (χ4n) is 8.33. The zero-order valence-electron chi connectivity index (χ0n) is 40.8. The molecule has 4 atom stereocenters. The molecular formula is C51H71Cl2N7O8. The van der Waals surface area contributed by atoms with Crippen molar-refractivity contribution in [2.24, 2.45) is 10.9 Å². The number of rotatable bonds is 25. The molecule has 1 fully saturated rings. The van der Waals surface area contributed by atoms with Crippen molar-refractivity contribution in [1.82, 2.24) is 30.7 Å². The van der Waals surface area contributed by atoms with Gasteiger partial charge in [0, 0.05) is 55.4 Å². The third-order valence-electron chi connectivity index (χ3n) is 12.4. The van der Waals surface area contributed by atoms with Crippen LogP contribution in [0.4, 0.5) is 4.79 Å². The summed E-state index contributed by atoms with van der Waals surface area (Å²) in [5.74, 6) is 1.12. The van der Waals surface area contributed by atoms with Gasteiger partial charge in [-0.1, -0.05) is 81.2 Å². The molecule has 0 spiro atoms. The van der Waals surface area contributed by atoms with Crippen molar-refractivity contribution in [2.45, 2.75) is 84.3 Å². The Hall–Kier alpha value is -4.77. The van der Waals surface area contributed by atoms with E-state index in [1.54, 1.807) is 0 Å². The summed E-state index contributed by atoms with van der Waals surface area (Å²) in [6, 6.07) is 20.6. The first-order valence-corrected chi connectivity index (χ1v) is 24.5. The summed E-state index contributed by atoms with van der Waals surface area (Å²) in [7, 11) is 0. The van der Waals surface area contributed by atoms with E-state index < -0.39 is 11.6 Å². The smallest absolute Gasteiger partial charge is 0.326 e. The van der Waals surface area contributed by atoms with Crippen molar-refractivity contribution in [3.05, 3.63) is 99.0 Å². The number of hydrogen-bond acceptors (Lipinski definition) is 10. The van der Waals surface area contributed by atoms with Gasteiger partial charge < -0.3 is 39.8 Å². The number of halogens is 2. The quantitative estimate of drug-likeness (QED) is 0.0601. The normalized spacial score (nSPS) is 18.4. The fraction of sp³-hybridized carbons (Fsp3) is 0.549. The molecule has 0 radical (unpaired) electrons. The predicted molar refractivity (Wildman–Crippen MR) is 267 cm³/mol. The number of aliphatic imine (C=N–C) groups is 1. The van der Waals surface area contributed by atoms with Gasteiger partial charge in [0.25, 0.3) is 0 Å². The minimum atomic E-state index is -0.931. The topological polar surface area (TPSA) is 163 Å². The number of amidine groups is 1. The first kappa shape index (κ1) is 54.2. The molecule has 17 heteroatoms. The minimum absolute atomic E-state index is 0.00552. The number of nitrogens with zero attached hydrogens (tertiary/aromatic N) is 4. The molecule has 0 bridgehead atoms. The molecule has 2 aliphatic rings. The van der Waals surface area contributed by atoms with Crippen LogP contribution in [0.25, 0.3) is 0 Å². The Labute approximate surface area is 412 Å². The summed E-state index contributed by atoms with van der Waals surface area (Å²) < 4.78 is 22.9. The van der Waals surface area contributed by atoms with Crippen LogP contribution in [-0.4, -0.2) is 143 Å². The lowest BCUT2D eigenvalue weighted by molar-refractivity contribution is -0.127. The Bertz CT molecular complexity index is 2130. The monoisotopic (exact) mass is 979 g/mol. The minimum Gasteiger partial charge on any atom is -0.493 e.